The van der Waals surface area contributed by atoms with Gasteiger partial charge in [-0.05, 0) is 76.8 Å². The van der Waals surface area contributed by atoms with Crippen LogP contribution in [0.15, 0.2) is 52.4 Å². The highest BCUT2D eigenvalue weighted by atomic mass is 35.5. The molecule has 2 aromatic rings. The Morgan fingerprint density at radius 1 is 0.974 bits per heavy atom. The highest BCUT2D eigenvalue weighted by Gasteiger charge is 2.35. The van der Waals surface area contributed by atoms with Crippen LogP contribution in [-0.4, -0.2) is 42.2 Å². The van der Waals surface area contributed by atoms with Crippen molar-refractivity contribution < 1.29 is 37.4 Å². The normalized spacial score (nSPS) is 14.2. The molecule has 2 amide bonds. The number of thioether (sulfide) groups is 1. The molecule has 11 heteroatoms. The van der Waals surface area contributed by atoms with Gasteiger partial charge in [-0.2, -0.15) is 0 Å². The summed E-state index contributed by atoms with van der Waals surface area (Å²) in [7, 11) is 1.22. The van der Waals surface area contributed by atoms with E-state index < -0.39 is 52.4 Å². The number of benzene rings is 2. The van der Waals surface area contributed by atoms with Crippen LogP contribution >= 0.6 is 23.4 Å². The number of carbonyl (C=O) groups excluding carboxylic acids is 4. The summed E-state index contributed by atoms with van der Waals surface area (Å²) in [5.41, 5.74) is -0.547. The minimum atomic E-state index is -1.01. The Balaban J connectivity index is 2.19. The first kappa shape index (κ1) is 30.3. The molecule has 39 heavy (non-hydrogen) atoms. The largest absolute Gasteiger partial charge is 0.468 e. The van der Waals surface area contributed by atoms with Gasteiger partial charge in [-0.15, -0.1) is 11.8 Å². The predicted octanol–water partition coefficient (Wildman–Crippen LogP) is 6.27. The van der Waals surface area contributed by atoms with Crippen LogP contribution in [0.25, 0.3) is 0 Å². The zero-order chi connectivity index (χ0) is 28.9. The zero-order valence-corrected chi connectivity index (χ0v) is 23.5. The van der Waals surface area contributed by atoms with Crippen molar-refractivity contribution in [2.24, 2.45) is 0 Å². The van der Waals surface area contributed by atoms with E-state index in [1.807, 2.05) is 0 Å². The van der Waals surface area contributed by atoms with Crippen LogP contribution in [0.2, 0.25) is 5.02 Å². The van der Waals surface area contributed by atoms with Crippen molar-refractivity contribution >= 4 is 52.8 Å². The summed E-state index contributed by atoms with van der Waals surface area (Å²) in [6.07, 6.45) is 1.14. The lowest BCUT2D eigenvalue weighted by Gasteiger charge is -2.27. The van der Waals surface area contributed by atoms with Crippen molar-refractivity contribution in [3.8, 4) is 0 Å². The highest BCUT2D eigenvalue weighted by Crippen LogP contribution is 2.38. The number of nitrogens with zero attached hydrogens (tertiary/aromatic N) is 1. The standard InChI is InChI=1S/C28H28ClF2NO6S/c1-15(2)38-28(36)20-11-6-5-10-19(20)26(34)32(25(33)17-8-7-9-18(30)12-17)23-14-24(21(29)13-22(23)31)39-16(3)27(35)37-4/h7-9,12-16H,5-6,10-11H2,1-4H3. The molecule has 1 aliphatic carbocycles. The molecular weight excluding hydrogens is 552 g/mol. The number of amides is 2. The maximum absolute atomic E-state index is 15.4. The van der Waals surface area contributed by atoms with Crippen LogP contribution in [0.3, 0.4) is 0 Å². The Morgan fingerprint density at radius 3 is 2.26 bits per heavy atom. The molecule has 2 aromatic carbocycles. The summed E-state index contributed by atoms with van der Waals surface area (Å²) < 4.78 is 39.5. The number of halogens is 3. The SMILES string of the molecule is COC(=O)C(C)Sc1cc(N(C(=O)C2=C(C(=O)OC(C)C)CCCC2)C(=O)c2cccc(F)c2)c(F)cc1Cl. The number of carbonyl (C=O) groups is 4. The molecule has 0 N–H and O–H groups in total. The minimum absolute atomic E-state index is 0.0168. The fraction of sp³-hybridized carbons (Fsp3) is 0.357. The van der Waals surface area contributed by atoms with E-state index in [2.05, 4.69) is 0 Å². The van der Waals surface area contributed by atoms with Gasteiger partial charge in [0.25, 0.3) is 11.8 Å². The van der Waals surface area contributed by atoms with Crippen molar-refractivity contribution in [1.82, 2.24) is 0 Å². The van der Waals surface area contributed by atoms with E-state index in [0.717, 1.165) is 30.0 Å². The smallest absolute Gasteiger partial charge is 0.334 e. The van der Waals surface area contributed by atoms with Crippen LogP contribution in [0, 0.1) is 11.6 Å². The van der Waals surface area contributed by atoms with Crippen LogP contribution in [-0.2, 0) is 23.9 Å². The second kappa shape index (κ2) is 13.2. The van der Waals surface area contributed by atoms with Crippen LogP contribution in [0.4, 0.5) is 14.5 Å². The summed E-state index contributed by atoms with van der Waals surface area (Å²) in [4.78, 5) is 53.2. The number of methoxy groups -OCH3 is 1. The molecule has 0 radical (unpaired) electrons. The molecule has 0 spiro atoms. The number of imide groups is 1. The van der Waals surface area contributed by atoms with Gasteiger partial charge in [0.15, 0.2) is 0 Å². The summed E-state index contributed by atoms with van der Waals surface area (Å²) in [5, 5.41) is -0.798. The summed E-state index contributed by atoms with van der Waals surface area (Å²) in [6, 6.07) is 6.72. The molecule has 1 aliphatic rings. The fourth-order valence-corrected chi connectivity index (χ4v) is 5.24. The Kier molecular flexibility index (Phi) is 10.3. The summed E-state index contributed by atoms with van der Waals surface area (Å²) in [5.74, 6) is -4.93. The van der Waals surface area contributed by atoms with E-state index in [4.69, 9.17) is 21.1 Å². The predicted molar refractivity (Wildman–Crippen MR) is 144 cm³/mol. The van der Waals surface area contributed by atoms with E-state index in [9.17, 15) is 23.6 Å². The molecule has 0 fully saturated rings. The van der Waals surface area contributed by atoms with Crippen molar-refractivity contribution in [1.29, 1.82) is 0 Å². The molecule has 0 saturated carbocycles. The van der Waals surface area contributed by atoms with E-state index in [1.54, 1.807) is 20.8 Å². The number of anilines is 1. The molecule has 1 unspecified atom stereocenters. The van der Waals surface area contributed by atoms with Gasteiger partial charge in [0.05, 0.1) is 23.9 Å². The van der Waals surface area contributed by atoms with Gasteiger partial charge in [0, 0.05) is 21.6 Å². The maximum atomic E-state index is 15.4. The van der Waals surface area contributed by atoms with Gasteiger partial charge in [-0.25, -0.2) is 18.5 Å². The molecule has 0 aliphatic heterocycles. The second-order valence-corrected chi connectivity index (χ2v) is 10.9. The summed E-state index contributed by atoms with van der Waals surface area (Å²) in [6.45, 7) is 4.89. The van der Waals surface area contributed by atoms with E-state index in [-0.39, 0.29) is 39.5 Å². The topological polar surface area (TPSA) is 90.0 Å². The Bertz CT molecular complexity index is 1330. The Hall–Kier alpha value is -3.24. The lowest BCUT2D eigenvalue weighted by atomic mass is 9.90. The van der Waals surface area contributed by atoms with Crippen molar-refractivity contribution in [2.75, 3.05) is 12.0 Å². The molecular formula is C28H28ClF2NO6S. The van der Waals surface area contributed by atoms with Gasteiger partial charge >= 0.3 is 11.9 Å². The Labute approximate surface area is 234 Å². The number of hydrogen-bond acceptors (Lipinski definition) is 7. The molecule has 208 valence electrons. The van der Waals surface area contributed by atoms with Crippen molar-refractivity contribution in [3.63, 3.8) is 0 Å². The van der Waals surface area contributed by atoms with E-state index in [0.29, 0.717) is 17.7 Å². The van der Waals surface area contributed by atoms with Crippen LogP contribution < -0.4 is 4.90 Å². The molecule has 0 bridgehead atoms. The van der Waals surface area contributed by atoms with Crippen LogP contribution in [0.5, 0.6) is 0 Å². The minimum Gasteiger partial charge on any atom is -0.468 e. The number of hydrogen-bond donors (Lipinski definition) is 0. The number of ether oxygens (including phenoxy) is 2. The van der Waals surface area contributed by atoms with E-state index >= 15 is 4.39 Å². The number of rotatable bonds is 8. The highest BCUT2D eigenvalue weighted by molar-refractivity contribution is 8.00. The lowest BCUT2D eigenvalue weighted by Crippen LogP contribution is -2.40. The third-order valence-electron chi connectivity index (χ3n) is 5.87. The molecule has 7 nitrogen and oxygen atoms in total. The maximum Gasteiger partial charge on any atom is 0.334 e. The average Bonchev–Trinajstić information content (AvgIpc) is 2.90. The van der Waals surface area contributed by atoms with Crippen molar-refractivity contribution in [2.45, 2.75) is 62.7 Å². The molecule has 0 aromatic heterocycles. The quantitative estimate of drug-likeness (QED) is 0.207. The third kappa shape index (κ3) is 7.24. The van der Waals surface area contributed by atoms with Gasteiger partial charge in [0.1, 0.15) is 16.9 Å². The van der Waals surface area contributed by atoms with Gasteiger partial charge in [-0.3, -0.25) is 14.4 Å². The molecule has 0 heterocycles. The zero-order valence-electron chi connectivity index (χ0n) is 21.9. The first-order valence-corrected chi connectivity index (χ1v) is 13.5. The first-order chi connectivity index (χ1) is 18.4. The fourth-order valence-electron chi connectivity index (χ4n) is 4.03. The number of esters is 2. The van der Waals surface area contributed by atoms with Gasteiger partial charge < -0.3 is 9.47 Å². The summed E-state index contributed by atoms with van der Waals surface area (Å²) >= 11 is 7.18. The monoisotopic (exact) mass is 579 g/mol. The van der Waals surface area contributed by atoms with E-state index in [1.165, 1.54) is 25.3 Å². The third-order valence-corrected chi connectivity index (χ3v) is 7.43. The van der Waals surface area contributed by atoms with Gasteiger partial charge in [0.2, 0.25) is 0 Å². The Morgan fingerprint density at radius 2 is 1.64 bits per heavy atom. The molecule has 0 saturated heterocycles. The first-order valence-electron chi connectivity index (χ1n) is 12.3. The van der Waals surface area contributed by atoms with Gasteiger partial charge in [-0.1, -0.05) is 17.7 Å². The molecule has 3 rings (SSSR count). The molecule has 1 atom stereocenters. The van der Waals surface area contributed by atoms with Crippen LogP contribution in [0.1, 0.15) is 56.8 Å². The average molecular weight is 580 g/mol. The second-order valence-electron chi connectivity index (χ2n) is 9.09. The lowest BCUT2D eigenvalue weighted by molar-refractivity contribution is -0.143. The van der Waals surface area contributed by atoms with Crippen molar-refractivity contribution in [3.05, 3.63) is 69.8 Å².